The van der Waals surface area contributed by atoms with Gasteiger partial charge in [0.15, 0.2) is 0 Å². The largest absolute Gasteiger partial charge is 0.480 e. The zero-order valence-electron chi connectivity index (χ0n) is 9.50. The van der Waals surface area contributed by atoms with E-state index in [-0.39, 0.29) is 11.3 Å². The first-order valence-electron chi connectivity index (χ1n) is 5.58. The fourth-order valence-corrected chi connectivity index (χ4v) is 3.43. The molecule has 0 saturated carbocycles. The highest BCUT2D eigenvalue weighted by Crippen LogP contribution is 2.30. The molecule has 17 heavy (non-hydrogen) atoms. The zero-order valence-corrected chi connectivity index (χ0v) is 10.3. The number of carboxylic acids is 1. The van der Waals surface area contributed by atoms with E-state index in [1.807, 2.05) is 6.92 Å². The number of aliphatic hydroxyl groups excluding tert-OH is 1. The Kier molecular flexibility index (Phi) is 3.60. The third-order valence-electron chi connectivity index (χ3n) is 3.17. The molecule has 2 rings (SSSR count). The summed E-state index contributed by atoms with van der Waals surface area (Å²) in [5.41, 5.74) is 0. The molecule has 0 aliphatic carbocycles. The third kappa shape index (κ3) is 2.41. The van der Waals surface area contributed by atoms with Crippen LogP contribution in [0.25, 0.3) is 0 Å². The first kappa shape index (κ1) is 12.7. The van der Waals surface area contributed by atoms with Gasteiger partial charge in [-0.05, 0) is 13.3 Å². The summed E-state index contributed by atoms with van der Waals surface area (Å²) in [6.07, 6.45) is -0.156. The Labute approximate surface area is 103 Å². The Bertz CT molecular complexity index is 338. The molecule has 2 aliphatic heterocycles. The topological polar surface area (TPSA) is 89.9 Å². The number of nitrogens with zero attached hydrogens (tertiary/aromatic N) is 1. The van der Waals surface area contributed by atoms with Gasteiger partial charge >= 0.3 is 5.97 Å². The number of hydrogen-bond donors (Lipinski definition) is 3. The molecular weight excluding hydrogens is 244 g/mol. The van der Waals surface area contributed by atoms with Crippen molar-refractivity contribution in [1.82, 2.24) is 10.2 Å². The molecular formula is C10H16N2O4S. The smallest absolute Gasteiger partial charge is 0.327 e. The van der Waals surface area contributed by atoms with Gasteiger partial charge in [0.2, 0.25) is 5.91 Å². The number of nitrogens with one attached hydrogen (secondary N) is 1. The zero-order chi connectivity index (χ0) is 12.6. The second-order valence-electron chi connectivity index (χ2n) is 4.38. The van der Waals surface area contributed by atoms with Crippen molar-refractivity contribution in [2.24, 2.45) is 0 Å². The number of thioether (sulfide) groups is 1. The van der Waals surface area contributed by atoms with Crippen LogP contribution in [0, 0.1) is 0 Å². The lowest BCUT2D eigenvalue weighted by molar-refractivity contribution is -0.149. The second kappa shape index (κ2) is 4.83. The van der Waals surface area contributed by atoms with Crippen molar-refractivity contribution in [3.63, 3.8) is 0 Å². The molecule has 0 aromatic heterocycles. The van der Waals surface area contributed by atoms with Crippen LogP contribution in [-0.2, 0) is 9.59 Å². The van der Waals surface area contributed by atoms with E-state index < -0.39 is 24.2 Å². The van der Waals surface area contributed by atoms with E-state index in [0.29, 0.717) is 18.7 Å². The molecule has 6 nitrogen and oxygen atoms in total. The lowest BCUT2D eigenvalue weighted by atomic mass is 10.1. The van der Waals surface area contributed by atoms with Gasteiger partial charge in [-0.3, -0.25) is 4.79 Å². The Morgan fingerprint density at radius 3 is 2.71 bits per heavy atom. The van der Waals surface area contributed by atoms with Crippen molar-refractivity contribution >= 4 is 23.6 Å². The maximum absolute atomic E-state index is 12.2. The molecule has 4 unspecified atom stereocenters. The summed E-state index contributed by atoms with van der Waals surface area (Å²) >= 11 is 1.46. The molecule has 2 saturated heterocycles. The SMILES string of the molecule is CC1SCC(C(=O)O)N1C(=O)C1CC(O)CN1. The average molecular weight is 260 g/mol. The van der Waals surface area contributed by atoms with Crippen LogP contribution in [0.4, 0.5) is 0 Å². The summed E-state index contributed by atoms with van der Waals surface area (Å²) in [5.74, 6) is -0.752. The molecule has 0 radical (unpaired) electrons. The highest BCUT2D eigenvalue weighted by Gasteiger charge is 2.43. The summed E-state index contributed by atoms with van der Waals surface area (Å²) in [4.78, 5) is 24.7. The van der Waals surface area contributed by atoms with E-state index in [2.05, 4.69) is 5.32 Å². The van der Waals surface area contributed by atoms with Crippen LogP contribution in [0.2, 0.25) is 0 Å². The Morgan fingerprint density at radius 2 is 2.18 bits per heavy atom. The minimum Gasteiger partial charge on any atom is -0.480 e. The minimum absolute atomic E-state index is 0.122. The average Bonchev–Trinajstić information content (AvgIpc) is 2.83. The van der Waals surface area contributed by atoms with E-state index in [4.69, 9.17) is 5.11 Å². The van der Waals surface area contributed by atoms with Gasteiger partial charge in [-0.1, -0.05) is 0 Å². The number of amides is 1. The fourth-order valence-electron chi connectivity index (χ4n) is 2.25. The Hall–Kier alpha value is -0.790. The van der Waals surface area contributed by atoms with Crippen molar-refractivity contribution in [2.45, 2.75) is 36.9 Å². The minimum atomic E-state index is -0.964. The Balaban J connectivity index is 2.09. The molecule has 2 fully saturated rings. The van der Waals surface area contributed by atoms with Gasteiger partial charge < -0.3 is 20.4 Å². The number of hydrogen-bond acceptors (Lipinski definition) is 5. The number of aliphatic hydroxyl groups is 1. The lowest BCUT2D eigenvalue weighted by Crippen LogP contribution is -2.51. The number of rotatable bonds is 2. The number of carbonyl (C=O) groups is 2. The number of aliphatic carboxylic acids is 1. The molecule has 96 valence electrons. The van der Waals surface area contributed by atoms with Gasteiger partial charge in [0, 0.05) is 12.3 Å². The van der Waals surface area contributed by atoms with E-state index >= 15 is 0 Å². The normalized spacial score (nSPS) is 37.4. The first-order valence-corrected chi connectivity index (χ1v) is 6.63. The first-order chi connectivity index (χ1) is 8.00. The van der Waals surface area contributed by atoms with Crippen LogP contribution in [0.5, 0.6) is 0 Å². The fraction of sp³-hybridized carbons (Fsp3) is 0.800. The summed E-state index contributed by atoms with van der Waals surface area (Å²) in [5, 5.41) is 21.2. The molecule has 0 bridgehead atoms. The molecule has 2 aliphatic rings. The molecule has 0 aromatic carbocycles. The lowest BCUT2D eigenvalue weighted by Gasteiger charge is -2.27. The van der Waals surface area contributed by atoms with Crippen molar-refractivity contribution in [1.29, 1.82) is 0 Å². The number of β-amino-alcohol motifs (C(OH)–C–C–N with tert-alkyl or cyclic N) is 1. The summed E-state index contributed by atoms with van der Waals surface area (Å²) in [6, 6.07) is -1.20. The van der Waals surface area contributed by atoms with Gasteiger partial charge in [0.25, 0.3) is 0 Å². The van der Waals surface area contributed by atoms with Crippen molar-refractivity contribution in [3.8, 4) is 0 Å². The quantitative estimate of drug-likeness (QED) is 0.595. The van der Waals surface area contributed by atoms with Gasteiger partial charge in [0.05, 0.1) is 17.5 Å². The molecule has 0 spiro atoms. The molecule has 2 heterocycles. The predicted octanol–water partition coefficient (Wildman–Crippen LogP) is -0.916. The van der Waals surface area contributed by atoms with Crippen LogP contribution in [0.1, 0.15) is 13.3 Å². The van der Waals surface area contributed by atoms with E-state index in [0.717, 1.165) is 0 Å². The summed E-state index contributed by atoms with van der Waals surface area (Å²) in [7, 11) is 0. The predicted molar refractivity (Wildman–Crippen MR) is 62.6 cm³/mol. The van der Waals surface area contributed by atoms with Gasteiger partial charge in [-0.15, -0.1) is 11.8 Å². The molecule has 1 amide bonds. The van der Waals surface area contributed by atoms with Gasteiger partial charge in [0.1, 0.15) is 6.04 Å². The van der Waals surface area contributed by atoms with Crippen LogP contribution in [0.3, 0.4) is 0 Å². The molecule has 4 atom stereocenters. The Morgan fingerprint density at radius 1 is 1.47 bits per heavy atom. The molecule has 3 N–H and O–H groups in total. The van der Waals surface area contributed by atoms with Crippen molar-refractivity contribution in [3.05, 3.63) is 0 Å². The number of carbonyl (C=O) groups excluding carboxylic acids is 1. The summed E-state index contributed by atoms with van der Waals surface area (Å²) in [6.45, 7) is 2.22. The van der Waals surface area contributed by atoms with Crippen LogP contribution in [-0.4, -0.2) is 62.8 Å². The van der Waals surface area contributed by atoms with Crippen LogP contribution >= 0.6 is 11.8 Å². The third-order valence-corrected chi connectivity index (χ3v) is 4.39. The van der Waals surface area contributed by atoms with Gasteiger partial charge in [-0.2, -0.15) is 0 Å². The monoisotopic (exact) mass is 260 g/mol. The molecule has 7 heteroatoms. The van der Waals surface area contributed by atoms with E-state index in [1.54, 1.807) is 0 Å². The van der Waals surface area contributed by atoms with Crippen molar-refractivity contribution < 1.29 is 19.8 Å². The van der Waals surface area contributed by atoms with Crippen molar-refractivity contribution in [2.75, 3.05) is 12.3 Å². The summed E-state index contributed by atoms with van der Waals surface area (Å²) < 4.78 is 0. The highest BCUT2D eigenvalue weighted by atomic mass is 32.2. The van der Waals surface area contributed by atoms with Crippen LogP contribution in [0.15, 0.2) is 0 Å². The maximum atomic E-state index is 12.2. The standard InChI is InChI=1S/C10H16N2O4S/c1-5-12(8(4-17-5)10(15)16)9(14)7-2-6(13)3-11-7/h5-8,11,13H,2-4H2,1H3,(H,15,16). The van der Waals surface area contributed by atoms with Gasteiger partial charge in [-0.25, -0.2) is 4.79 Å². The highest BCUT2D eigenvalue weighted by molar-refractivity contribution is 8.00. The molecule has 0 aromatic rings. The maximum Gasteiger partial charge on any atom is 0.327 e. The van der Waals surface area contributed by atoms with E-state index in [9.17, 15) is 14.7 Å². The van der Waals surface area contributed by atoms with Crippen LogP contribution < -0.4 is 5.32 Å². The van der Waals surface area contributed by atoms with E-state index in [1.165, 1.54) is 16.7 Å². The second-order valence-corrected chi connectivity index (χ2v) is 5.73. The number of carboxylic acid groups (broad SMARTS) is 1.